The van der Waals surface area contributed by atoms with Crippen LogP contribution < -0.4 is 5.73 Å². The van der Waals surface area contributed by atoms with Gasteiger partial charge in [-0.15, -0.1) is 0 Å². The molecule has 0 spiro atoms. The fourth-order valence-corrected chi connectivity index (χ4v) is 0.843. The van der Waals surface area contributed by atoms with Gasteiger partial charge in [-0.05, 0) is 11.6 Å². The van der Waals surface area contributed by atoms with E-state index in [-0.39, 0.29) is 12.3 Å². The molecule has 0 bridgehead atoms. The van der Waals surface area contributed by atoms with E-state index in [9.17, 15) is 4.39 Å². The van der Waals surface area contributed by atoms with Crippen molar-refractivity contribution in [2.75, 3.05) is 6.61 Å². The molecule has 0 saturated heterocycles. The number of nitriles is 1. The van der Waals surface area contributed by atoms with E-state index < -0.39 is 11.9 Å². The summed E-state index contributed by atoms with van der Waals surface area (Å²) >= 11 is 0. The van der Waals surface area contributed by atoms with Crippen LogP contribution in [0.3, 0.4) is 0 Å². The summed E-state index contributed by atoms with van der Waals surface area (Å²) in [6.45, 7) is -0.285. The van der Waals surface area contributed by atoms with E-state index in [0.717, 1.165) is 6.07 Å². The molecule has 5 heteroatoms. The number of halogens is 1. The molecule has 0 amide bonds. The largest absolute Gasteiger partial charge is 0.394 e. The topological polar surface area (TPSA) is 82.9 Å². The minimum Gasteiger partial charge on any atom is -0.394 e. The van der Waals surface area contributed by atoms with Gasteiger partial charge in [0.1, 0.15) is 6.07 Å². The van der Waals surface area contributed by atoms with Crippen LogP contribution in [0, 0.1) is 17.1 Å². The lowest BCUT2D eigenvalue weighted by Gasteiger charge is -2.07. The molecule has 1 atom stereocenters. The van der Waals surface area contributed by atoms with Gasteiger partial charge in [0.15, 0.2) is 11.5 Å². The molecular formula is C8H8FN3O. The molecule has 1 unspecified atom stereocenters. The van der Waals surface area contributed by atoms with Gasteiger partial charge in [0.2, 0.25) is 0 Å². The molecule has 0 radical (unpaired) electrons. The zero-order chi connectivity index (χ0) is 9.84. The second-order valence-corrected chi connectivity index (χ2v) is 2.50. The van der Waals surface area contributed by atoms with Gasteiger partial charge < -0.3 is 10.8 Å². The molecule has 1 aromatic heterocycles. The lowest BCUT2D eigenvalue weighted by Crippen LogP contribution is -2.15. The molecule has 1 rings (SSSR count). The molecular weight excluding hydrogens is 173 g/mol. The van der Waals surface area contributed by atoms with E-state index >= 15 is 0 Å². The first-order valence-electron chi connectivity index (χ1n) is 3.61. The summed E-state index contributed by atoms with van der Waals surface area (Å²) in [6, 6.07) is 2.04. The van der Waals surface area contributed by atoms with Gasteiger partial charge in [0, 0.05) is 6.20 Å². The molecule has 4 nitrogen and oxygen atoms in total. The molecule has 0 fully saturated rings. The number of hydrogen-bond donors (Lipinski definition) is 2. The first-order valence-corrected chi connectivity index (χ1v) is 3.61. The van der Waals surface area contributed by atoms with Crippen LogP contribution in [-0.4, -0.2) is 16.7 Å². The van der Waals surface area contributed by atoms with Crippen molar-refractivity contribution in [3.05, 3.63) is 29.3 Å². The average molecular weight is 181 g/mol. The van der Waals surface area contributed by atoms with Gasteiger partial charge in [-0.1, -0.05) is 0 Å². The Morgan fingerprint density at radius 2 is 2.46 bits per heavy atom. The summed E-state index contributed by atoms with van der Waals surface area (Å²) in [5.41, 5.74) is 5.52. The summed E-state index contributed by atoms with van der Waals surface area (Å²) in [7, 11) is 0. The molecule has 1 aromatic rings. The maximum absolute atomic E-state index is 12.9. The van der Waals surface area contributed by atoms with Crippen molar-refractivity contribution in [2.24, 2.45) is 5.73 Å². The van der Waals surface area contributed by atoms with Crippen LogP contribution in [0.1, 0.15) is 17.3 Å². The molecule has 0 aliphatic heterocycles. The van der Waals surface area contributed by atoms with E-state index in [4.69, 9.17) is 16.1 Å². The minimum atomic E-state index is -0.719. The van der Waals surface area contributed by atoms with Gasteiger partial charge in [-0.25, -0.2) is 9.37 Å². The molecule has 0 aromatic carbocycles. The summed E-state index contributed by atoms with van der Waals surface area (Å²) in [5, 5.41) is 17.0. The summed E-state index contributed by atoms with van der Waals surface area (Å²) in [4.78, 5) is 3.54. The Morgan fingerprint density at radius 1 is 1.77 bits per heavy atom. The fourth-order valence-electron chi connectivity index (χ4n) is 0.843. The number of aliphatic hydroxyl groups is 1. The van der Waals surface area contributed by atoms with Crippen molar-refractivity contribution >= 4 is 0 Å². The molecule has 1 heterocycles. The lowest BCUT2D eigenvalue weighted by molar-refractivity contribution is 0.267. The highest BCUT2D eigenvalue weighted by Gasteiger charge is 2.09. The van der Waals surface area contributed by atoms with Crippen molar-refractivity contribution in [2.45, 2.75) is 6.04 Å². The Kier molecular flexibility index (Phi) is 2.90. The Morgan fingerprint density at radius 3 is 2.92 bits per heavy atom. The highest BCUT2D eigenvalue weighted by atomic mass is 19.1. The van der Waals surface area contributed by atoms with E-state index in [1.54, 1.807) is 6.07 Å². The van der Waals surface area contributed by atoms with Crippen LogP contribution in [0.15, 0.2) is 12.3 Å². The number of aromatic nitrogens is 1. The van der Waals surface area contributed by atoms with E-state index in [1.165, 1.54) is 6.20 Å². The monoisotopic (exact) mass is 181 g/mol. The molecule has 0 aliphatic carbocycles. The predicted molar refractivity (Wildman–Crippen MR) is 42.9 cm³/mol. The zero-order valence-electron chi connectivity index (χ0n) is 6.74. The number of hydrogen-bond acceptors (Lipinski definition) is 4. The third-order valence-electron chi connectivity index (χ3n) is 1.59. The van der Waals surface area contributed by atoms with Crippen molar-refractivity contribution in [3.8, 4) is 6.07 Å². The normalized spacial score (nSPS) is 12.2. The Balaban J connectivity index is 3.04. The summed E-state index contributed by atoms with van der Waals surface area (Å²) in [5.74, 6) is -0.719. The SMILES string of the molecule is N#Cc1ncc(C(N)CO)cc1F. The zero-order valence-corrected chi connectivity index (χ0v) is 6.74. The number of aliphatic hydroxyl groups excluding tert-OH is 1. The number of rotatable bonds is 2. The maximum Gasteiger partial charge on any atom is 0.176 e. The van der Waals surface area contributed by atoms with Crippen LogP contribution in [0.5, 0.6) is 0 Å². The average Bonchev–Trinajstić information content (AvgIpc) is 2.16. The van der Waals surface area contributed by atoms with Crippen molar-refractivity contribution in [1.82, 2.24) is 4.98 Å². The van der Waals surface area contributed by atoms with Crippen LogP contribution in [0.25, 0.3) is 0 Å². The Bertz CT molecular complexity index is 348. The number of nitrogens with zero attached hydrogens (tertiary/aromatic N) is 2. The number of nitrogens with two attached hydrogens (primary N) is 1. The van der Waals surface area contributed by atoms with Gasteiger partial charge in [0.25, 0.3) is 0 Å². The van der Waals surface area contributed by atoms with Gasteiger partial charge in [-0.3, -0.25) is 0 Å². The molecule has 3 N–H and O–H groups in total. The highest BCUT2D eigenvalue weighted by Crippen LogP contribution is 2.11. The summed E-state index contributed by atoms with van der Waals surface area (Å²) in [6.07, 6.45) is 1.28. The first kappa shape index (κ1) is 9.58. The van der Waals surface area contributed by atoms with E-state index in [1.807, 2.05) is 0 Å². The Labute approximate surface area is 74.4 Å². The van der Waals surface area contributed by atoms with E-state index in [2.05, 4.69) is 4.98 Å². The van der Waals surface area contributed by atoms with Gasteiger partial charge >= 0.3 is 0 Å². The minimum absolute atomic E-state index is 0.270. The van der Waals surface area contributed by atoms with Crippen molar-refractivity contribution < 1.29 is 9.50 Å². The highest BCUT2D eigenvalue weighted by molar-refractivity contribution is 5.26. The standard InChI is InChI=1S/C8H8FN3O/c9-6-1-5(7(11)4-13)3-12-8(6)2-10/h1,3,7,13H,4,11H2. The molecule has 68 valence electrons. The van der Waals surface area contributed by atoms with E-state index in [0.29, 0.717) is 5.56 Å². The van der Waals surface area contributed by atoms with Crippen LogP contribution in [-0.2, 0) is 0 Å². The second-order valence-electron chi connectivity index (χ2n) is 2.50. The maximum atomic E-state index is 12.9. The van der Waals surface area contributed by atoms with Crippen LogP contribution in [0.2, 0.25) is 0 Å². The smallest absolute Gasteiger partial charge is 0.176 e. The third-order valence-corrected chi connectivity index (χ3v) is 1.59. The quantitative estimate of drug-likeness (QED) is 0.677. The third kappa shape index (κ3) is 1.99. The second kappa shape index (κ2) is 3.94. The van der Waals surface area contributed by atoms with Crippen LogP contribution >= 0.6 is 0 Å². The number of pyridine rings is 1. The van der Waals surface area contributed by atoms with Gasteiger partial charge in [-0.2, -0.15) is 5.26 Å². The predicted octanol–water partition coefficient (Wildman–Crippen LogP) is 0.0845. The van der Waals surface area contributed by atoms with Crippen LogP contribution in [0.4, 0.5) is 4.39 Å². The Hall–Kier alpha value is -1.51. The van der Waals surface area contributed by atoms with Crippen molar-refractivity contribution in [1.29, 1.82) is 5.26 Å². The van der Waals surface area contributed by atoms with Crippen molar-refractivity contribution in [3.63, 3.8) is 0 Å². The van der Waals surface area contributed by atoms with Gasteiger partial charge in [0.05, 0.1) is 12.6 Å². The summed E-state index contributed by atoms with van der Waals surface area (Å²) < 4.78 is 12.9. The molecule has 0 saturated carbocycles. The lowest BCUT2D eigenvalue weighted by atomic mass is 10.1. The first-order chi connectivity index (χ1) is 6.19. The molecule has 0 aliphatic rings. The molecule has 13 heavy (non-hydrogen) atoms. The fraction of sp³-hybridized carbons (Fsp3) is 0.250.